The van der Waals surface area contributed by atoms with Gasteiger partial charge in [-0.15, -0.1) is 0 Å². The van der Waals surface area contributed by atoms with Crippen molar-refractivity contribution in [2.24, 2.45) is 5.92 Å². The first-order valence-corrected chi connectivity index (χ1v) is 18.8. The van der Waals surface area contributed by atoms with Crippen molar-refractivity contribution in [1.82, 2.24) is 9.62 Å². The molecule has 5 aromatic carbocycles. The molecule has 1 fully saturated rings. The van der Waals surface area contributed by atoms with Crippen LogP contribution in [0.15, 0.2) is 138 Å². The number of hydrogen-bond acceptors (Lipinski definition) is 7. The topological polar surface area (TPSA) is 108 Å². The average molecular weight is 707 g/mol. The zero-order valence-electron chi connectivity index (χ0n) is 29.2. The van der Waals surface area contributed by atoms with Gasteiger partial charge in [-0.05, 0) is 65.6 Å². The molecule has 1 aliphatic heterocycles. The molecule has 6 atom stereocenters. The van der Waals surface area contributed by atoms with Gasteiger partial charge < -0.3 is 19.7 Å². The van der Waals surface area contributed by atoms with Gasteiger partial charge in [0.05, 0.1) is 29.8 Å². The van der Waals surface area contributed by atoms with Crippen molar-refractivity contribution >= 4 is 10.0 Å². The molecule has 51 heavy (non-hydrogen) atoms. The zero-order valence-corrected chi connectivity index (χ0v) is 30.0. The lowest BCUT2D eigenvalue weighted by molar-refractivity contribution is -0.276. The molecule has 0 radical (unpaired) electrons. The van der Waals surface area contributed by atoms with Gasteiger partial charge in [0.1, 0.15) is 0 Å². The molecule has 1 aliphatic rings. The van der Waals surface area contributed by atoms with Gasteiger partial charge >= 0.3 is 0 Å². The first-order valence-electron chi connectivity index (χ1n) is 17.3. The number of hydrogen-bond donors (Lipinski definition) is 3. The monoisotopic (exact) mass is 706 g/mol. The van der Waals surface area contributed by atoms with Crippen molar-refractivity contribution in [1.29, 1.82) is 0 Å². The standard InChI is InChI=1S/C42H46N2O6S/c1-29-39(27-44(3)30(2)40(46)34-12-6-4-7-13-34)49-42(50-41(29)35-19-17-31(28-45)18-20-35)36-23-21-33(22-24-36)37-14-10-11-32(25-37)26-43-51(47,48)38-15-8-5-9-16-38/h4-25,29-30,39-43,45-46H,26-28H2,1-3H3/t29-,30-,39+,40-,41+,42+/m0/s1. The molecule has 0 spiro atoms. The Morgan fingerprint density at radius 1 is 0.765 bits per heavy atom. The third-order valence-electron chi connectivity index (χ3n) is 9.85. The van der Waals surface area contributed by atoms with Crippen LogP contribution in [0.1, 0.15) is 60.2 Å². The molecule has 0 bridgehead atoms. The van der Waals surface area contributed by atoms with Crippen LogP contribution in [0.2, 0.25) is 0 Å². The van der Waals surface area contributed by atoms with Gasteiger partial charge in [0.15, 0.2) is 6.29 Å². The molecule has 0 aromatic heterocycles. The second-order valence-electron chi connectivity index (χ2n) is 13.3. The van der Waals surface area contributed by atoms with Crippen LogP contribution < -0.4 is 4.72 Å². The summed E-state index contributed by atoms with van der Waals surface area (Å²) in [6, 6.07) is 41.6. The molecule has 1 saturated heterocycles. The molecule has 266 valence electrons. The van der Waals surface area contributed by atoms with Gasteiger partial charge in [-0.25, -0.2) is 13.1 Å². The van der Waals surface area contributed by atoms with Crippen LogP contribution in [0.4, 0.5) is 0 Å². The Balaban J connectivity index is 1.19. The molecular formula is C42H46N2O6S. The van der Waals surface area contributed by atoms with E-state index in [4.69, 9.17) is 9.47 Å². The van der Waals surface area contributed by atoms with Crippen molar-refractivity contribution in [2.75, 3.05) is 13.6 Å². The van der Waals surface area contributed by atoms with E-state index in [2.05, 4.69) is 16.5 Å². The van der Waals surface area contributed by atoms with Crippen LogP contribution in [0.5, 0.6) is 0 Å². The van der Waals surface area contributed by atoms with Crippen molar-refractivity contribution in [3.05, 3.63) is 161 Å². The van der Waals surface area contributed by atoms with E-state index in [-0.39, 0.29) is 42.2 Å². The van der Waals surface area contributed by atoms with Crippen molar-refractivity contribution < 1.29 is 28.1 Å². The van der Waals surface area contributed by atoms with Gasteiger partial charge in [0.2, 0.25) is 10.0 Å². The molecule has 5 aromatic rings. The van der Waals surface area contributed by atoms with E-state index in [1.807, 2.05) is 117 Å². The lowest BCUT2D eigenvalue weighted by Gasteiger charge is -2.43. The molecule has 0 saturated carbocycles. The molecular weight excluding hydrogens is 661 g/mol. The van der Waals surface area contributed by atoms with Crippen LogP contribution in [-0.4, -0.2) is 49.3 Å². The zero-order chi connectivity index (χ0) is 36.0. The molecule has 0 aliphatic carbocycles. The number of rotatable bonds is 13. The summed E-state index contributed by atoms with van der Waals surface area (Å²) in [5, 5.41) is 20.8. The smallest absolute Gasteiger partial charge is 0.240 e. The Kier molecular flexibility index (Phi) is 11.8. The quantitative estimate of drug-likeness (QED) is 0.119. The second kappa shape index (κ2) is 16.4. The lowest BCUT2D eigenvalue weighted by atomic mass is 9.89. The normalized spacial score (nSPS) is 20.6. The minimum Gasteiger partial charge on any atom is -0.392 e. The predicted octanol–water partition coefficient (Wildman–Crippen LogP) is 7.17. The summed E-state index contributed by atoms with van der Waals surface area (Å²) in [6.07, 6.45) is -1.76. The van der Waals surface area contributed by atoms with E-state index in [0.29, 0.717) is 6.54 Å². The predicted molar refractivity (Wildman–Crippen MR) is 199 cm³/mol. The highest BCUT2D eigenvalue weighted by molar-refractivity contribution is 7.89. The maximum absolute atomic E-state index is 12.8. The number of aliphatic hydroxyl groups excluding tert-OH is 2. The Hall–Kier alpha value is -4.19. The summed E-state index contributed by atoms with van der Waals surface area (Å²) in [5.41, 5.74) is 6.38. The Morgan fingerprint density at radius 3 is 2.08 bits per heavy atom. The Labute approximate surface area is 301 Å². The summed E-state index contributed by atoms with van der Waals surface area (Å²) < 4.78 is 41.6. The Bertz CT molecular complexity index is 1960. The molecule has 8 nitrogen and oxygen atoms in total. The SMILES string of the molecule is C[C@H]1[C@@H](CN(C)[C@@H](C)[C@H](O)c2ccccc2)O[C@@H](c2ccc(-c3cccc(CNS(=O)(=O)c4ccccc4)c3)cc2)O[C@H]1c1ccc(CO)cc1. The van der Waals surface area contributed by atoms with Crippen LogP contribution in [-0.2, 0) is 32.6 Å². The summed E-state index contributed by atoms with van der Waals surface area (Å²) in [6.45, 7) is 4.88. The van der Waals surface area contributed by atoms with Crippen molar-refractivity contribution in [2.45, 2.75) is 62.5 Å². The fraction of sp³-hybridized carbons (Fsp3) is 0.286. The summed E-state index contributed by atoms with van der Waals surface area (Å²) >= 11 is 0. The molecule has 3 N–H and O–H groups in total. The van der Waals surface area contributed by atoms with Crippen LogP contribution in [0.3, 0.4) is 0 Å². The molecule has 6 rings (SSSR count). The number of ether oxygens (including phenoxy) is 2. The third-order valence-corrected chi connectivity index (χ3v) is 11.3. The third kappa shape index (κ3) is 8.83. The number of nitrogens with zero attached hydrogens (tertiary/aromatic N) is 1. The highest BCUT2D eigenvalue weighted by atomic mass is 32.2. The summed E-state index contributed by atoms with van der Waals surface area (Å²) in [5.74, 6) is -0.00827. The minimum atomic E-state index is -3.62. The van der Waals surface area contributed by atoms with Crippen LogP contribution >= 0.6 is 0 Å². The molecule has 0 unspecified atom stereocenters. The van der Waals surface area contributed by atoms with Gasteiger partial charge in [-0.3, -0.25) is 4.90 Å². The van der Waals surface area contributed by atoms with E-state index in [0.717, 1.165) is 38.9 Å². The fourth-order valence-electron chi connectivity index (χ4n) is 6.50. The maximum atomic E-state index is 12.8. The highest BCUT2D eigenvalue weighted by Gasteiger charge is 2.39. The van der Waals surface area contributed by atoms with E-state index in [1.165, 1.54) is 0 Å². The number of benzene rings is 5. The van der Waals surface area contributed by atoms with E-state index < -0.39 is 22.4 Å². The van der Waals surface area contributed by atoms with Gasteiger partial charge in [0.25, 0.3) is 0 Å². The van der Waals surface area contributed by atoms with Crippen LogP contribution in [0, 0.1) is 5.92 Å². The van der Waals surface area contributed by atoms with E-state index in [9.17, 15) is 18.6 Å². The number of likely N-dealkylation sites (N-methyl/N-ethyl adjacent to an activating group) is 1. The van der Waals surface area contributed by atoms with Gasteiger partial charge in [0, 0.05) is 30.6 Å². The van der Waals surface area contributed by atoms with Crippen LogP contribution in [0.25, 0.3) is 11.1 Å². The second-order valence-corrected chi connectivity index (χ2v) is 15.1. The first-order chi connectivity index (χ1) is 24.6. The van der Waals surface area contributed by atoms with Gasteiger partial charge in [-0.2, -0.15) is 0 Å². The van der Waals surface area contributed by atoms with E-state index in [1.54, 1.807) is 30.3 Å². The highest BCUT2D eigenvalue weighted by Crippen LogP contribution is 2.42. The Morgan fingerprint density at radius 2 is 1.41 bits per heavy atom. The fourth-order valence-corrected chi connectivity index (χ4v) is 7.54. The van der Waals surface area contributed by atoms with E-state index >= 15 is 0 Å². The van der Waals surface area contributed by atoms with Crippen molar-refractivity contribution in [3.63, 3.8) is 0 Å². The first kappa shape index (κ1) is 36.6. The molecule has 1 heterocycles. The number of aliphatic hydroxyl groups is 2. The maximum Gasteiger partial charge on any atom is 0.240 e. The number of sulfonamides is 1. The molecule has 0 amide bonds. The molecule has 9 heteroatoms. The lowest BCUT2D eigenvalue weighted by Crippen LogP contribution is -2.46. The minimum absolute atomic E-state index is 0.00827. The summed E-state index contributed by atoms with van der Waals surface area (Å²) in [4.78, 5) is 2.37. The van der Waals surface area contributed by atoms with Crippen molar-refractivity contribution in [3.8, 4) is 11.1 Å². The average Bonchev–Trinajstić information content (AvgIpc) is 3.18. The largest absolute Gasteiger partial charge is 0.392 e. The van der Waals surface area contributed by atoms with Gasteiger partial charge in [-0.1, -0.05) is 122 Å². The number of nitrogens with one attached hydrogen (secondary N) is 1. The summed E-state index contributed by atoms with van der Waals surface area (Å²) in [7, 11) is -1.61.